The summed E-state index contributed by atoms with van der Waals surface area (Å²) in [5.74, 6) is 0.0299. The highest BCUT2D eigenvalue weighted by atomic mass is 16.2. The maximum atomic E-state index is 12.3. The monoisotopic (exact) mass is 338 g/mol. The van der Waals surface area contributed by atoms with Crippen molar-refractivity contribution in [2.75, 3.05) is 18.4 Å². The quantitative estimate of drug-likeness (QED) is 0.900. The normalized spacial score (nSPS) is 14.8. The minimum Gasteiger partial charge on any atom is -0.352 e. The van der Waals surface area contributed by atoms with Gasteiger partial charge >= 0.3 is 6.03 Å². The second kappa shape index (κ2) is 8.28. The average Bonchev–Trinajstić information content (AvgIpc) is 2.68. The van der Waals surface area contributed by atoms with Gasteiger partial charge in [-0.05, 0) is 30.5 Å². The van der Waals surface area contributed by atoms with Crippen LogP contribution in [0.4, 0.5) is 10.5 Å². The zero-order valence-electron chi connectivity index (χ0n) is 14.0. The molecular weight excluding hydrogens is 316 g/mol. The van der Waals surface area contributed by atoms with E-state index in [1.165, 1.54) is 0 Å². The molecule has 3 rings (SSSR count). The molecule has 1 aromatic heterocycles. The molecule has 0 saturated carbocycles. The lowest BCUT2D eigenvalue weighted by atomic mass is 9.96. The lowest BCUT2D eigenvalue weighted by molar-refractivity contribution is -0.126. The third-order valence-electron chi connectivity index (χ3n) is 4.38. The van der Waals surface area contributed by atoms with Gasteiger partial charge in [0.1, 0.15) is 0 Å². The summed E-state index contributed by atoms with van der Waals surface area (Å²) in [5, 5.41) is 5.81. The number of likely N-dealkylation sites (tertiary alicyclic amines) is 1. The number of hydrogen-bond acceptors (Lipinski definition) is 3. The van der Waals surface area contributed by atoms with E-state index in [4.69, 9.17) is 0 Å². The Morgan fingerprint density at radius 2 is 1.84 bits per heavy atom. The number of aromatic nitrogens is 1. The fourth-order valence-corrected chi connectivity index (χ4v) is 2.91. The summed E-state index contributed by atoms with van der Waals surface area (Å²) < 4.78 is 0. The fraction of sp³-hybridized carbons (Fsp3) is 0.316. The summed E-state index contributed by atoms with van der Waals surface area (Å²) in [6, 6.07) is 13.3. The van der Waals surface area contributed by atoms with Crippen LogP contribution in [0, 0.1) is 5.92 Å². The van der Waals surface area contributed by atoms with Gasteiger partial charge in [0.25, 0.3) is 0 Å². The Bertz CT molecular complexity index is 698. The van der Waals surface area contributed by atoms with Crippen molar-refractivity contribution in [1.29, 1.82) is 0 Å². The summed E-state index contributed by atoms with van der Waals surface area (Å²) in [7, 11) is 0. The average molecular weight is 338 g/mol. The predicted molar refractivity (Wildman–Crippen MR) is 95.8 cm³/mol. The number of nitrogens with one attached hydrogen (secondary N) is 2. The third-order valence-corrected chi connectivity index (χ3v) is 4.38. The number of pyridine rings is 1. The smallest absolute Gasteiger partial charge is 0.321 e. The van der Waals surface area contributed by atoms with Crippen LogP contribution in [0.1, 0.15) is 18.4 Å². The highest BCUT2D eigenvalue weighted by Gasteiger charge is 2.27. The van der Waals surface area contributed by atoms with Crippen molar-refractivity contribution in [2.45, 2.75) is 19.4 Å². The van der Waals surface area contributed by atoms with Crippen LogP contribution in [0.25, 0.3) is 0 Å². The van der Waals surface area contributed by atoms with Gasteiger partial charge < -0.3 is 15.5 Å². The molecule has 2 heterocycles. The van der Waals surface area contributed by atoms with Gasteiger partial charge in [-0.15, -0.1) is 0 Å². The first-order chi connectivity index (χ1) is 12.2. The van der Waals surface area contributed by atoms with E-state index < -0.39 is 0 Å². The van der Waals surface area contributed by atoms with Gasteiger partial charge in [0.15, 0.2) is 0 Å². The van der Waals surface area contributed by atoms with Crippen LogP contribution in [0.5, 0.6) is 0 Å². The molecule has 2 N–H and O–H groups in total. The highest BCUT2D eigenvalue weighted by molar-refractivity contribution is 5.89. The lowest BCUT2D eigenvalue weighted by Crippen LogP contribution is -2.44. The number of hydrogen-bond donors (Lipinski definition) is 2. The van der Waals surface area contributed by atoms with Crippen LogP contribution < -0.4 is 10.6 Å². The van der Waals surface area contributed by atoms with Crippen LogP contribution in [0.2, 0.25) is 0 Å². The molecule has 0 bridgehead atoms. The molecule has 0 spiro atoms. The van der Waals surface area contributed by atoms with E-state index in [1.807, 2.05) is 30.3 Å². The Labute approximate surface area is 147 Å². The molecule has 0 atom stereocenters. The molecule has 0 aliphatic carbocycles. The SMILES string of the molecule is O=C(NCc1ccccc1)C1CCN(C(=O)Nc2cccnc2)CC1. The van der Waals surface area contributed by atoms with Gasteiger partial charge in [0.2, 0.25) is 5.91 Å². The van der Waals surface area contributed by atoms with Crippen molar-refractivity contribution in [2.24, 2.45) is 5.92 Å². The van der Waals surface area contributed by atoms with Crippen LogP contribution in [-0.2, 0) is 11.3 Å². The predicted octanol–water partition coefficient (Wildman–Crippen LogP) is 2.64. The first-order valence-corrected chi connectivity index (χ1v) is 8.50. The molecule has 1 fully saturated rings. The molecule has 1 aromatic carbocycles. The third kappa shape index (κ3) is 4.79. The van der Waals surface area contributed by atoms with Gasteiger partial charge in [-0.25, -0.2) is 4.79 Å². The summed E-state index contributed by atoms with van der Waals surface area (Å²) >= 11 is 0. The number of benzene rings is 1. The highest BCUT2D eigenvalue weighted by Crippen LogP contribution is 2.18. The van der Waals surface area contributed by atoms with Crippen LogP contribution in [0.3, 0.4) is 0 Å². The van der Waals surface area contributed by atoms with E-state index in [9.17, 15) is 9.59 Å². The van der Waals surface area contributed by atoms with Crippen molar-refractivity contribution in [3.05, 3.63) is 60.4 Å². The molecule has 0 radical (unpaired) electrons. The molecule has 1 aliphatic rings. The number of amides is 3. The van der Waals surface area contributed by atoms with E-state index in [0.717, 1.165) is 5.56 Å². The number of nitrogens with zero attached hydrogens (tertiary/aromatic N) is 2. The lowest BCUT2D eigenvalue weighted by Gasteiger charge is -2.31. The van der Waals surface area contributed by atoms with Crippen molar-refractivity contribution < 1.29 is 9.59 Å². The standard InChI is InChI=1S/C19H22N4O2/c24-18(21-13-15-5-2-1-3-6-15)16-8-11-23(12-9-16)19(25)22-17-7-4-10-20-14-17/h1-7,10,14,16H,8-9,11-13H2,(H,21,24)(H,22,25). The van der Waals surface area contributed by atoms with Gasteiger partial charge in [0.05, 0.1) is 11.9 Å². The molecule has 130 valence electrons. The number of rotatable bonds is 4. The second-order valence-corrected chi connectivity index (χ2v) is 6.14. The minimum absolute atomic E-state index is 0.0360. The Balaban J connectivity index is 1.43. The maximum absolute atomic E-state index is 12.3. The van der Waals surface area contributed by atoms with Crippen molar-refractivity contribution in [1.82, 2.24) is 15.2 Å². The maximum Gasteiger partial charge on any atom is 0.321 e. The van der Waals surface area contributed by atoms with E-state index in [-0.39, 0.29) is 17.9 Å². The summed E-state index contributed by atoms with van der Waals surface area (Å²) in [5.41, 5.74) is 1.76. The van der Waals surface area contributed by atoms with Crippen LogP contribution >= 0.6 is 0 Å². The Kier molecular flexibility index (Phi) is 5.61. The summed E-state index contributed by atoms with van der Waals surface area (Å²) in [6.45, 7) is 1.70. The fourth-order valence-electron chi connectivity index (χ4n) is 2.91. The Morgan fingerprint density at radius 1 is 1.08 bits per heavy atom. The van der Waals surface area contributed by atoms with Crippen molar-refractivity contribution in [3.8, 4) is 0 Å². The van der Waals surface area contributed by atoms with Crippen LogP contribution in [0.15, 0.2) is 54.9 Å². The van der Waals surface area contributed by atoms with E-state index in [1.54, 1.807) is 29.4 Å². The first kappa shape index (κ1) is 17.0. The van der Waals surface area contributed by atoms with Gasteiger partial charge in [0, 0.05) is 31.7 Å². The second-order valence-electron chi connectivity index (χ2n) is 6.14. The van der Waals surface area contributed by atoms with E-state index >= 15 is 0 Å². The number of carbonyl (C=O) groups excluding carboxylic acids is 2. The van der Waals surface area contributed by atoms with Crippen molar-refractivity contribution in [3.63, 3.8) is 0 Å². The molecule has 1 aliphatic heterocycles. The number of urea groups is 1. The zero-order chi connectivity index (χ0) is 17.5. The van der Waals surface area contributed by atoms with E-state index in [0.29, 0.717) is 38.2 Å². The first-order valence-electron chi connectivity index (χ1n) is 8.50. The van der Waals surface area contributed by atoms with Gasteiger partial charge in [-0.1, -0.05) is 30.3 Å². The Morgan fingerprint density at radius 3 is 2.52 bits per heavy atom. The molecule has 1 saturated heterocycles. The largest absolute Gasteiger partial charge is 0.352 e. The van der Waals surface area contributed by atoms with Crippen LogP contribution in [-0.4, -0.2) is 34.9 Å². The number of carbonyl (C=O) groups is 2. The molecular formula is C19H22N4O2. The minimum atomic E-state index is -0.142. The molecule has 0 unspecified atom stereocenters. The number of piperidine rings is 1. The molecule has 6 heteroatoms. The molecule has 6 nitrogen and oxygen atoms in total. The topological polar surface area (TPSA) is 74.3 Å². The molecule has 3 amide bonds. The van der Waals surface area contributed by atoms with E-state index in [2.05, 4.69) is 15.6 Å². The summed E-state index contributed by atoms with van der Waals surface area (Å²) in [4.78, 5) is 30.3. The molecule has 25 heavy (non-hydrogen) atoms. The summed E-state index contributed by atoms with van der Waals surface area (Å²) in [6.07, 6.45) is 4.64. The molecule has 2 aromatic rings. The van der Waals surface area contributed by atoms with Gasteiger partial charge in [-0.3, -0.25) is 9.78 Å². The zero-order valence-corrected chi connectivity index (χ0v) is 14.0. The number of anilines is 1. The van der Waals surface area contributed by atoms with Gasteiger partial charge in [-0.2, -0.15) is 0 Å². The Hall–Kier alpha value is -2.89. The van der Waals surface area contributed by atoms with Crippen molar-refractivity contribution >= 4 is 17.6 Å².